The average Bonchev–Trinajstić information content (AvgIpc) is 2.52. The van der Waals surface area contributed by atoms with Gasteiger partial charge in [0.05, 0.1) is 11.5 Å². The second-order valence-corrected chi connectivity index (χ2v) is 6.68. The molecule has 0 aliphatic carbocycles. The van der Waals surface area contributed by atoms with Crippen LogP contribution in [-0.4, -0.2) is 27.0 Å². The molecule has 0 aliphatic rings. The molecule has 0 saturated carbocycles. The highest BCUT2D eigenvalue weighted by molar-refractivity contribution is 7.90. The lowest BCUT2D eigenvalue weighted by Gasteiger charge is -2.11. The van der Waals surface area contributed by atoms with Gasteiger partial charge in [-0.3, -0.25) is 4.79 Å². The smallest absolute Gasteiger partial charge is 0.407 e. The molecular weight excluding hydrogens is 320 g/mol. The fourth-order valence-corrected chi connectivity index (χ4v) is 2.70. The molecule has 0 fully saturated rings. The largest absolute Gasteiger partial charge is 0.450 e. The number of carbonyl (C=O) groups is 2. The van der Waals surface area contributed by atoms with Crippen molar-refractivity contribution < 1.29 is 22.7 Å². The summed E-state index contributed by atoms with van der Waals surface area (Å²) in [4.78, 5) is 22.9. The van der Waals surface area contributed by atoms with Crippen LogP contribution >= 0.6 is 0 Å². The normalized spacial score (nSPS) is 12.3. The van der Waals surface area contributed by atoms with E-state index in [2.05, 4.69) is 10.0 Å². The van der Waals surface area contributed by atoms with Crippen molar-refractivity contribution >= 4 is 22.0 Å². The molecule has 23 heavy (non-hydrogen) atoms. The van der Waals surface area contributed by atoms with Crippen molar-refractivity contribution in [3.05, 3.63) is 29.8 Å². The monoisotopic (exact) mass is 342 g/mol. The summed E-state index contributed by atoms with van der Waals surface area (Å²) in [6.45, 7) is 5.67. The van der Waals surface area contributed by atoms with Crippen LogP contribution in [0.1, 0.15) is 32.8 Å². The van der Waals surface area contributed by atoms with Gasteiger partial charge in [-0.1, -0.05) is 26.0 Å². The summed E-state index contributed by atoms with van der Waals surface area (Å²) >= 11 is 0. The number of hydrogen-bond acceptors (Lipinski definition) is 5. The summed E-state index contributed by atoms with van der Waals surface area (Å²) in [5.74, 6) is -0.904. The predicted molar refractivity (Wildman–Crippen MR) is 85.1 cm³/mol. The van der Waals surface area contributed by atoms with Gasteiger partial charge in [-0.15, -0.1) is 0 Å². The molecule has 1 atom stereocenters. The standard InChI is InChI=1S/C15H22N2O5S/c1-4-11(3)14(18)17-23(20,21)13-8-6-12(7-9-13)10-16-15(19)22-5-2/h6-9,11H,4-5,10H2,1-3H3,(H,16,19)(H,17,18). The van der Waals surface area contributed by atoms with Crippen LogP contribution in [0.4, 0.5) is 4.79 Å². The number of nitrogens with one attached hydrogen (secondary N) is 2. The zero-order valence-corrected chi connectivity index (χ0v) is 14.3. The summed E-state index contributed by atoms with van der Waals surface area (Å²) in [5, 5.41) is 2.53. The van der Waals surface area contributed by atoms with Gasteiger partial charge in [0, 0.05) is 12.5 Å². The van der Waals surface area contributed by atoms with Gasteiger partial charge >= 0.3 is 6.09 Å². The van der Waals surface area contributed by atoms with E-state index in [-0.39, 0.29) is 24.0 Å². The van der Waals surface area contributed by atoms with Crippen molar-refractivity contribution in [1.29, 1.82) is 0 Å². The Hall–Kier alpha value is -2.09. The molecule has 0 aromatic heterocycles. The quantitative estimate of drug-likeness (QED) is 0.786. The molecule has 128 valence electrons. The number of amides is 2. The maximum absolute atomic E-state index is 12.1. The summed E-state index contributed by atoms with van der Waals surface area (Å²) in [7, 11) is -3.88. The lowest BCUT2D eigenvalue weighted by Crippen LogP contribution is -2.34. The van der Waals surface area contributed by atoms with Gasteiger partial charge in [-0.25, -0.2) is 17.9 Å². The SMILES string of the molecule is CCOC(=O)NCc1ccc(S(=O)(=O)NC(=O)C(C)CC)cc1. The van der Waals surface area contributed by atoms with Crippen LogP contribution < -0.4 is 10.0 Å². The minimum absolute atomic E-state index is 0.00552. The van der Waals surface area contributed by atoms with Gasteiger partial charge < -0.3 is 10.1 Å². The molecule has 1 aromatic rings. The second-order valence-electron chi connectivity index (χ2n) is 5.00. The number of rotatable bonds is 7. The first-order valence-electron chi connectivity index (χ1n) is 7.36. The molecule has 0 bridgehead atoms. The second kappa shape index (κ2) is 8.52. The first-order chi connectivity index (χ1) is 10.8. The number of carbonyl (C=O) groups excluding carboxylic acids is 2. The Labute approximate surface area is 136 Å². The molecule has 0 heterocycles. The Balaban J connectivity index is 2.71. The van der Waals surface area contributed by atoms with Crippen molar-refractivity contribution in [3.63, 3.8) is 0 Å². The molecule has 0 saturated heterocycles. The topological polar surface area (TPSA) is 102 Å². The third kappa shape index (κ3) is 5.90. The van der Waals surface area contributed by atoms with E-state index in [9.17, 15) is 18.0 Å². The third-order valence-electron chi connectivity index (χ3n) is 3.24. The maximum atomic E-state index is 12.1. The van der Waals surface area contributed by atoms with Gasteiger partial charge in [0.15, 0.2) is 0 Å². The zero-order chi connectivity index (χ0) is 17.5. The number of ether oxygens (including phenoxy) is 1. The molecule has 2 N–H and O–H groups in total. The van der Waals surface area contributed by atoms with E-state index in [4.69, 9.17) is 4.74 Å². The van der Waals surface area contributed by atoms with E-state index in [1.165, 1.54) is 12.1 Å². The van der Waals surface area contributed by atoms with Crippen LogP contribution in [0.15, 0.2) is 29.2 Å². The number of benzene rings is 1. The molecule has 0 spiro atoms. The Morgan fingerprint density at radius 3 is 2.30 bits per heavy atom. The Bertz CT molecular complexity index is 640. The highest BCUT2D eigenvalue weighted by Gasteiger charge is 2.20. The fraction of sp³-hybridized carbons (Fsp3) is 0.467. The van der Waals surface area contributed by atoms with Crippen molar-refractivity contribution in [1.82, 2.24) is 10.0 Å². The van der Waals surface area contributed by atoms with E-state index in [1.807, 2.05) is 6.92 Å². The van der Waals surface area contributed by atoms with Gasteiger partial charge in [-0.05, 0) is 31.0 Å². The fourth-order valence-electron chi connectivity index (χ4n) is 1.62. The highest BCUT2D eigenvalue weighted by Crippen LogP contribution is 2.12. The molecular formula is C15H22N2O5S. The molecule has 1 rings (SSSR count). The van der Waals surface area contributed by atoms with Crippen molar-refractivity contribution in [2.24, 2.45) is 5.92 Å². The van der Waals surface area contributed by atoms with Gasteiger partial charge in [0.1, 0.15) is 0 Å². The predicted octanol–water partition coefficient (Wildman–Crippen LogP) is 1.78. The highest BCUT2D eigenvalue weighted by atomic mass is 32.2. The average molecular weight is 342 g/mol. The van der Waals surface area contributed by atoms with Crippen LogP contribution in [0.5, 0.6) is 0 Å². The Morgan fingerprint density at radius 1 is 1.17 bits per heavy atom. The van der Waals surface area contributed by atoms with Crippen LogP contribution in [0, 0.1) is 5.92 Å². The van der Waals surface area contributed by atoms with Crippen molar-refractivity contribution in [2.45, 2.75) is 38.6 Å². The number of alkyl carbamates (subject to hydrolysis) is 1. The molecule has 7 nitrogen and oxygen atoms in total. The summed E-state index contributed by atoms with van der Waals surface area (Å²) in [6, 6.07) is 5.89. The van der Waals surface area contributed by atoms with E-state index in [1.54, 1.807) is 26.0 Å². The van der Waals surface area contributed by atoms with E-state index < -0.39 is 22.0 Å². The first kappa shape index (κ1) is 19.0. The summed E-state index contributed by atoms with van der Waals surface area (Å²) in [5.41, 5.74) is 0.713. The molecule has 1 unspecified atom stereocenters. The van der Waals surface area contributed by atoms with Crippen LogP contribution in [-0.2, 0) is 26.1 Å². The summed E-state index contributed by atoms with van der Waals surface area (Å²) < 4.78 is 31.0. The van der Waals surface area contributed by atoms with Gasteiger partial charge in [0.2, 0.25) is 5.91 Å². The van der Waals surface area contributed by atoms with Gasteiger partial charge in [-0.2, -0.15) is 0 Å². The molecule has 0 aliphatic heterocycles. The minimum atomic E-state index is -3.88. The van der Waals surface area contributed by atoms with Crippen molar-refractivity contribution in [3.8, 4) is 0 Å². The summed E-state index contributed by atoms with van der Waals surface area (Å²) in [6.07, 6.45) is 0.0184. The lowest BCUT2D eigenvalue weighted by atomic mass is 10.1. The van der Waals surface area contributed by atoms with Crippen molar-refractivity contribution in [2.75, 3.05) is 6.61 Å². The molecule has 8 heteroatoms. The first-order valence-corrected chi connectivity index (χ1v) is 8.84. The van der Waals surface area contributed by atoms with Crippen LogP contribution in [0.2, 0.25) is 0 Å². The maximum Gasteiger partial charge on any atom is 0.407 e. The third-order valence-corrected chi connectivity index (χ3v) is 4.60. The van der Waals surface area contributed by atoms with E-state index >= 15 is 0 Å². The van der Waals surface area contributed by atoms with E-state index in [0.717, 1.165) is 0 Å². The molecule has 1 aromatic carbocycles. The van der Waals surface area contributed by atoms with Gasteiger partial charge in [0.25, 0.3) is 10.0 Å². The zero-order valence-electron chi connectivity index (χ0n) is 13.5. The minimum Gasteiger partial charge on any atom is -0.450 e. The molecule has 0 radical (unpaired) electrons. The van der Waals surface area contributed by atoms with E-state index in [0.29, 0.717) is 12.0 Å². The Morgan fingerprint density at radius 2 is 1.78 bits per heavy atom. The molecule has 2 amide bonds. The number of hydrogen-bond donors (Lipinski definition) is 2. The number of sulfonamides is 1. The Kier molecular flexibility index (Phi) is 7.02. The van der Waals surface area contributed by atoms with Crippen LogP contribution in [0.3, 0.4) is 0 Å². The lowest BCUT2D eigenvalue weighted by molar-refractivity contribution is -0.122. The van der Waals surface area contributed by atoms with Crippen LogP contribution in [0.25, 0.3) is 0 Å².